The highest BCUT2D eigenvalue weighted by atomic mass is 16.5. The van der Waals surface area contributed by atoms with Gasteiger partial charge < -0.3 is 19.2 Å². The second-order valence-electron chi connectivity index (χ2n) is 6.18. The predicted molar refractivity (Wildman–Crippen MR) is 103 cm³/mol. The lowest BCUT2D eigenvalue weighted by Crippen LogP contribution is -2.09. The molecule has 4 rings (SSSR count). The average molecular weight is 380 g/mol. The van der Waals surface area contributed by atoms with Gasteiger partial charge in [0.05, 0.1) is 32.7 Å². The number of rotatable bonds is 6. The fourth-order valence-corrected chi connectivity index (χ4v) is 3.08. The van der Waals surface area contributed by atoms with Gasteiger partial charge in [-0.2, -0.15) is 14.6 Å². The Hall–Kier alpha value is -3.62. The Morgan fingerprint density at radius 1 is 1.11 bits per heavy atom. The molecule has 144 valence electrons. The molecular weight excluding hydrogens is 360 g/mol. The second kappa shape index (κ2) is 7.18. The quantitative estimate of drug-likeness (QED) is 0.545. The molecule has 4 aromatic rings. The lowest BCUT2D eigenvalue weighted by molar-refractivity contribution is 0.355. The number of hydrogen-bond donors (Lipinski definition) is 1. The Bertz CT molecular complexity index is 1120. The number of hydrogen-bond acceptors (Lipinski definition) is 8. The van der Waals surface area contributed by atoms with Gasteiger partial charge >= 0.3 is 0 Å². The van der Waals surface area contributed by atoms with Crippen LogP contribution in [0.2, 0.25) is 0 Å². The average Bonchev–Trinajstić information content (AvgIpc) is 3.32. The van der Waals surface area contributed by atoms with Gasteiger partial charge in [-0.25, -0.2) is 9.97 Å². The molecule has 3 heterocycles. The summed E-state index contributed by atoms with van der Waals surface area (Å²) in [5, 5.41) is 7.87. The molecule has 0 unspecified atom stereocenters. The lowest BCUT2D eigenvalue weighted by Gasteiger charge is -2.10. The molecule has 0 aliphatic rings. The van der Waals surface area contributed by atoms with Crippen LogP contribution in [0.25, 0.3) is 16.8 Å². The van der Waals surface area contributed by atoms with Gasteiger partial charge in [0.25, 0.3) is 0 Å². The van der Waals surface area contributed by atoms with Crippen molar-refractivity contribution in [1.29, 1.82) is 0 Å². The van der Waals surface area contributed by atoms with Crippen molar-refractivity contribution in [2.45, 2.75) is 20.4 Å². The largest absolute Gasteiger partial charge is 0.493 e. The summed E-state index contributed by atoms with van der Waals surface area (Å²) in [4.78, 5) is 13.0. The first-order chi connectivity index (χ1) is 13.6. The van der Waals surface area contributed by atoms with E-state index in [9.17, 15) is 0 Å². The zero-order valence-electron chi connectivity index (χ0n) is 16.1. The molecule has 0 aliphatic carbocycles. The van der Waals surface area contributed by atoms with E-state index in [2.05, 4.69) is 25.4 Å². The molecule has 28 heavy (non-hydrogen) atoms. The molecule has 1 aromatic carbocycles. The van der Waals surface area contributed by atoms with Gasteiger partial charge in [0.2, 0.25) is 5.95 Å². The molecule has 1 N–H and O–H groups in total. The van der Waals surface area contributed by atoms with Crippen molar-refractivity contribution in [2.24, 2.45) is 0 Å². The Labute approximate surface area is 161 Å². The number of anilines is 1. The van der Waals surface area contributed by atoms with Gasteiger partial charge in [0, 0.05) is 5.56 Å². The summed E-state index contributed by atoms with van der Waals surface area (Å²) < 4.78 is 17.7. The summed E-state index contributed by atoms with van der Waals surface area (Å²) in [7, 11) is 3.23. The molecule has 0 radical (unpaired) electrons. The van der Waals surface area contributed by atoms with Crippen LogP contribution in [0.4, 0.5) is 5.95 Å². The maximum atomic E-state index is 5.44. The van der Waals surface area contributed by atoms with Crippen molar-refractivity contribution in [2.75, 3.05) is 19.5 Å². The van der Waals surface area contributed by atoms with E-state index in [0.29, 0.717) is 41.2 Å². The zero-order chi connectivity index (χ0) is 19.7. The molecule has 0 saturated heterocycles. The monoisotopic (exact) mass is 380 g/mol. The maximum absolute atomic E-state index is 5.44. The second-order valence-corrected chi connectivity index (χ2v) is 6.18. The van der Waals surface area contributed by atoms with Gasteiger partial charge in [-0.15, -0.1) is 0 Å². The molecule has 0 spiro atoms. The third-order valence-electron chi connectivity index (χ3n) is 4.35. The minimum absolute atomic E-state index is 0.441. The van der Waals surface area contributed by atoms with Crippen LogP contribution in [0.15, 0.2) is 35.2 Å². The van der Waals surface area contributed by atoms with E-state index in [1.54, 1.807) is 24.9 Å². The summed E-state index contributed by atoms with van der Waals surface area (Å²) in [5.41, 5.74) is 3.38. The zero-order valence-corrected chi connectivity index (χ0v) is 16.1. The van der Waals surface area contributed by atoms with Gasteiger partial charge in [-0.1, -0.05) is 6.07 Å². The van der Waals surface area contributed by atoms with Crippen LogP contribution in [-0.4, -0.2) is 38.8 Å². The number of nitrogens with zero attached hydrogens (tertiary/aromatic N) is 5. The summed E-state index contributed by atoms with van der Waals surface area (Å²) in [6.45, 7) is 4.23. The molecule has 9 nitrogen and oxygen atoms in total. The van der Waals surface area contributed by atoms with Crippen molar-refractivity contribution >= 4 is 11.6 Å². The Kier molecular flexibility index (Phi) is 4.56. The van der Waals surface area contributed by atoms with Crippen LogP contribution >= 0.6 is 0 Å². The van der Waals surface area contributed by atoms with E-state index in [-0.39, 0.29) is 0 Å². The highest BCUT2D eigenvalue weighted by molar-refractivity contribution is 5.81. The number of nitrogens with one attached hydrogen (secondary N) is 1. The summed E-state index contributed by atoms with van der Waals surface area (Å²) in [6.07, 6.45) is 3.05. The van der Waals surface area contributed by atoms with Gasteiger partial charge in [-0.05, 0) is 31.5 Å². The van der Waals surface area contributed by atoms with Crippen molar-refractivity contribution in [3.63, 3.8) is 0 Å². The van der Waals surface area contributed by atoms with Gasteiger partial charge in [-0.3, -0.25) is 0 Å². The van der Waals surface area contributed by atoms with E-state index >= 15 is 0 Å². The molecule has 0 aliphatic heterocycles. The topological polar surface area (TPSA) is 99.6 Å². The first-order valence-electron chi connectivity index (χ1n) is 8.68. The van der Waals surface area contributed by atoms with Crippen LogP contribution < -0.4 is 14.8 Å². The Morgan fingerprint density at radius 3 is 2.64 bits per heavy atom. The normalized spacial score (nSPS) is 11.0. The first kappa shape index (κ1) is 17.8. The van der Waals surface area contributed by atoms with E-state index in [1.807, 2.05) is 32.0 Å². The highest BCUT2D eigenvalue weighted by Gasteiger charge is 2.18. The Balaban J connectivity index is 1.81. The summed E-state index contributed by atoms with van der Waals surface area (Å²) >= 11 is 0. The standard InChI is InChI=1S/C19H20N6O3/c1-11-17(13-5-6-15(26-3)16(7-13)27-4)18-22-12(2)23-19(25(18)24-11)21-9-14-8-20-10-28-14/h5-8,10H,9H2,1-4H3,(H,21,22,23). The van der Waals surface area contributed by atoms with Gasteiger partial charge in [0.1, 0.15) is 11.6 Å². The van der Waals surface area contributed by atoms with Crippen LogP contribution in [0.1, 0.15) is 17.3 Å². The number of oxazole rings is 1. The number of fused-ring (bicyclic) bond motifs is 1. The van der Waals surface area contributed by atoms with Crippen molar-refractivity contribution in [3.05, 3.63) is 48.1 Å². The maximum Gasteiger partial charge on any atom is 0.228 e. The van der Waals surface area contributed by atoms with Gasteiger partial charge in [0.15, 0.2) is 23.5 Å². The third kappa shape index (κ3) is 3.11. The lowest BCUT2D eigenvalue weighted by atomic mass is 10.1. The molecule has 9 heteroatoms. The molecular formula is C19H20N6O3. The fraction of sp³-hybridized carbons (Fsp3) is 0.263. The van der Waals surface area contributed by atoms with E-state index in [0.717, 1.165) is 16.8 Å². The molecule has 3 aromatic heterocycles. The van der Waals surface area contributed by atoms with Crippen LogP contribution in [0.3, 0.4) is 0 Å². The van der Waals surface area contributed by atoms with Crippen molar-refractivity contribution in [1.82, 2.24) is 24.6 Å². The summed E-state index contributed by atoms with van der Waals surface area (Å²) in [6, 6.07) is 5.75. The minimum Gasteiger partial charge on any atom is -0.493 e. The number of aromatic nitrogens is 5. The van der Waals surface area contributed by atoms with Crippen LogP contribution in [-0.2, 0) is 6.54 Å². The predicted octanol–water partition coefficient (Wildman–Crippen LogP) is 3.03. The fourth-order valence-electron chi connectivity index (χ4n) is 3.08. The number of methoxy groups -OCH3 is 2. The highest BCUT2D eigenvalue weighted by Crippen LogP contribution is 2.35. The van der Waals surface area contributed by atoms with Crippen LogP contribution in [0.5, 0.6) is 11.5 Å². The smallest absolute Gasteiger partial charge is 0.228 e. The van der Waals surface area contributed by atoms with E-state index in [1.165, 1.54) is 6.39 Å². The number of benzene rings is 1. The molecule has 0 atom stereocenters. The van der Waals surface area contributed by atoms with Crippen molar-refractivity contribution in [3.8, 4) is 22.6 Å². The van der Waals surface area contributed by atoms with E-state index < -0.39 is 0 Å². The number of aryl methyl sites for hydroxylation is 2. The molecule has 0 bridgehead atoms. The molecule has 0 saturated carbocycles. The van der Waals surface area contributed by atoms with Crippen molar-refractivity contribution < 1.29 is 13.9 Å². The molecule has 0 fully saturated rings. The SMILES string of the molecule is COc1ccc(-c2c(C)nn3c(NCc4cnco4)nc(C)nc23)cc1OC. The Morgan fingerprint density at radius 2 is 1.93 bits per heavy atom. The third-order valence-corrected chi connectivity index (χ3v) is 4.35. The number of ether oxygens (including phenoxy) is 2. The molecule has 0 amide bonds. The summed E-state index contributed by atoms with van der Waals surface area (Å²) in [5.74, 6) is 3.23. The first-order valence-corrected chi connectivity index (χ1v) is 8.68. The van der Waals surface area contributed by atoms with Crippen LogP contribution in [0, 0.1) is 13.8 Å². The van der Waals surface area contributed by atoms with E-state index in [4.69, 9.17) is 13.9 Å². The minimum atomic E-state index is 0.441.